The van der Waals surface area contributed by atoms with Crippen molar-refractivity contribution >= 4 is 39.7 Å². The fraction of sp³-hybridized carbons (Fsp3) is 0.0769. The molecule has 0 radical (unpaired) electrons. The van der Waals surface area contributed by atoms with Gasteiger partial charge in [0.1, 0.15) is 0 Å². The maximum absolute atomic E-state index is 11.4. The molecule has 2 heterocycles. The van der Waals surface area contributed by atoms with Crippen LogP contribution in [0.25, 0.3) is 10.9 Å². The number of nitrogens with two attached hydrogens (primary N) is 1. The maximum Gasteiger partial charge on any atom is 0.294 e. The molecule has 0 aliphatic carbocycles. The Bertz CT molecular complexity index is 780. The van der Waals surface area contributed by atoms with E-state index in [2.05, 4.69) is 10.4 Å². The molecule has 0 bridgehead atoms. The lowest BCUT2D eigenvalue weighted by molar-refractivity contribution is 0.0953. The zero-order valence-electron chi connectivity index (χ0n) is 10.3. The van der Waals surface area contributed by atoms with Crippen molar-refractivity contribution < 1.29 is 4.79 Å². The van der Waals surface area contributed by atoms with Crippen LogP contribution in [0.5, 0.6) is 0 Å². The fourth-order valence-electron chi connectivity index (χ4n) is 2.04. The summed E-state index contributed by atoms with van der Waals surface area (Å²) in [6.45, 7) is 0.582. The minimum atomic E-state index is -0.373. The first kappa shape index (κ1) is 13.1. The third kappa shape index (κ3) is 2.29. The molecule has 7 heteroatoms. The van der Waals surface area contributed by atoms with E-state index in [4.69, 9.17) is 17.4 Å². The summed E-state index contributed by atoms with van der Waals surface area (Å²) in [7, 11) is 0. The quantitative estimate of drug-likeness (QED) is 0.443. The van der Waals surface area contributed by atoms with E-state index >= 15 is 0 Å². The monoisotopic (exact) mass is 306 g/mol. The third-order valence-electron chi connectivity index (χ3n) is 2.97. The largest absolute Gasteiger partial charge is 0.341 e. The number of fused-ring (bicyclic) bond motifs is 1. The molecule has 0 saturated carbocycles. The van der Waals surface area contributed by atoms with Crippen LogP contribution in [0.4, 0.5) is 0 Å². The number of halogens is 1. The van der Waals surface area contributed by atoms with Gasteiger partial charge >= 0.3 is 0 Å². The number of carbonyl (C=O) groups excluding carboxylic acids is 1. The lowest BCUT2D eigenvalue weighted by atomic mass is 10.2. The lowest BCUT2D eigenvalue weighted by Crippen LogP contribution is -2.29. The van der Waals surface area contributed by atoms with Crippen molar-refractivity contribution in [2.75, 3.05) is 0 Å². The van der Waals surface area contributed by atoms with Crippen LogP contribution in [0.2, 0.25) is 5.02 Å². The van der Waals surface area contributed by atoms with Crippen molar-refractivity contribution in [2.45, 2.75) is 6.54 Å². The number of amides is 1. The van der Waals surface area contributed by atoms with Crippen molar-refractivity contribution in [1.29, 1.82) is 0 Å². The Morgan fingerprint density at radius 2 is 2.30 bits per heavy atom. The average molecular weight is 307 g/mol. The highest BCUT2D eigenvalue weighted by molar-refractivity contribution is 7.11. The molecule has 1 amide bonds. The van der Waals surface area contributed by atoms with E-state index in [1.54, 1.807) is 0 Å². The van der Waals surface area contributed by atoms with Gasteiger partial charge in [-0.05, 0) is 18.2 Å². The van der Waals surface area contributed by atoms with E-state index < -0.39 is 0 Å². The van der Waals surface area contributed by atoms with E-state index in [1.165, 1.54) is 11.3 Å². The molecular formula is C13H11ClN4OS. The molecule has 0 fully saturated rings. The number of thiazole rings is 1. The summed E-state index contributed by atoms with van der Waals surface area (Å²) in [5.41, 5.74) is 3.92. The Labute approximate surface area is 124 Å². The minimum Gasteiger partial charge on any atom is -0.341 e. The minimum absolute atomic E-state index is 0.358. The van der Waals surface area contributed by atoms with E-state index in [9.17, 15) is 4.79 Å². The molecule has 5 nitrogen and oxygen atoms in total. The van der Waals surface area contributed by atoms with Gasteiger partial charge in [-0.1, -0.05) is 17.7 Å². The van der Waals surface area contributed by atoms with Gasteiger partial charge in [0.2, 0.25) is 0 Å². The number of hydrogen-bond donors (Lipinski definition) is 2. The molecule has 0 spiro atoms. The number of benzene rings is 1. The van der Waals surface area contributed by atoms with Crippen LogP contribution < -0.4 is 11.3 Å². The van der Waals surface area contributed by atoms with Gasteiger partial charge in [0, 0.05) is 27.5 Å². The number of hydrogen-bond acceptors (Lipinski definition) is 4. The van der Waals surface area contributed by atoms with Crippen molar-refractivity contribution in [3.8, 4) is 0 Å². The van der Waals surface area contributed by atoms with Crippen LogP contribution in [0.3, 0.4) is 0 Å². The molecule has 3 aromatic rings. The van der Waals surface area contributed by atoms with Gasteiger partial charge in [0.15, 0.2) is 5.01 Å². The molecule has 2 aromatic heterocycles. The second-order valence-electron chi connectivity index (χ2n) is 4.23. The Kier molecular flexibility index (Phi) is 3.43. The van der Waals surface area contributed by atoms with Crippen molar-refractivity contribution in [2.24, 2.45) is 5.84 Å². The molecule has 1 aromatic carbocycles. The Morgan fingerprint density at radius 1 is 1.45 bits per heavy atom. The topological polar surface area (TPSA) is 72.9 Å². The smallest absolute Gasteiger partial charge is 0.294 e. The zero-order chi connectivity index (χ0) is 14.1. The van der Waals surface area contributed by atoms with E-state index in [-0.39, 0.29) is 5.91 Å². The molecule has 0 unspecified atom stereocenters. The SMILES string of the molecule is NNC(=O)c1nc(Cn2ccc3c(Cl)cccc32)cs1. The van der Waals surface area contributed by atoms with Gasteiger partial charge in [-0.3, -0.25) is 10.2 Å². The molecule has 0 saturated heterocycles. The molecule has 102 valence electrons. The highest BCUT2D eigenvalue weighted by atomic mass is 35.5. The molecule has 3 rings (SSSR count). The zero-order valence-corrected chi connectivity index (χ0v) is 11.9. The first-order valence-electron chi connectivity index (χ1n) is 5.88. The van der Waals surface area contributed by atoms with Gasteiger partial charge in [-0.15, -0.1) is 11.3 Å². The number of nitrogen functional groups attached to an aromatic ring is 1. The number of rotatable bonds is 3. The Balaban J connectivity index is 1.92. The second-order valence-corrected chi connectivity index (χ2v) is 5.50. The molecule has 0 atom stereocenters. The summed E-state index contributed by atoms with van der Waals surface area (Å²) in [5, 5.41) is 3.94. The molecular weight excluding hydrogens is 296 g/mol. The lowest BCUT2D eigenvalue weighted by Gasteiger charge is -2.03. The van der Waals surface area contributed by atoms with Gasteiger partial charge in [-0.25, -0.2) is 10.8 Å². The summed E-state index contributed by atoms with van der Waals surface area (Å²) in [5.74, 6) is 4.71. The summed E-state index contributed by atoms with van der Waals surface area (Å²) < 4.78 is 2.04. The summed E-state index contributed by atoms with van der Waals surface area (Å²) in [4.78, 5) is 15.6. The molecule has 3 N–H and O–H groups in total. The highest BCUT2D eigenvalue weighted by Crippen LogP contribution is 2.25. The predicted molar refractivity (Wildman–Crippen MR) is 79.8 cm³/mol. The van der Waals surface area contributed by atoms with Gasteiger partial charge in [0.25, 0.3) is 5.91 Å². The summed E-state index contributed by atoms with van der Waals surface area (Å²) in [6, 6.07) is 7.74. The molecule has 0 aliphatic heterocycles. The van der Waals surface area contributed by atoms with Crippen molar-refractivity contribution in [3.05, 3.63) is 51.6 Å². The molecule has 20 heavy (non-hydrogen) atoms. The third-order valence-corrected chi connectivity index (χ3v) is 4.19. The van der Waals surface area contributed by atoms with Gasteiger partial charge in [0.05, 0.1) is 12.2 Å². The summed E-state index contributed by atoms with van der Waals surface area (Å²) >= 11 is 7.41. The first-order valence-corrected chi connectivity index (χ1v) is 7.13. The standard InChI is InChI=1S/C13H11ClN4OS/c14-10-2-1-3-11-9(10)4-5-18(11)6-8-7-20-13(16-8)12(19)17-15/h1-5,7H,6,15H2,(H,17,19). The normalized spacial score (nSPS) is 10.9. The van der Waals surface area contributed by atoms with E-state index in [0.29, 0.717) is 11.6 Å². The number of carbonyl (C=O) groups is 1. The van der Waals surface area contributed by atoms with Crippen molar-refractivity contribution in [1.82, 2.24) is 15.0 Å². The summed E-state index contributed by atoms with van der Waals surface area (Å²) in [6.07, 6.45) is 1.96. The number of nitrogens with zero attached hydrogens (tertiary/aromatic N) is 2. The van der Waals surface area contributed by atoms with Gasteiger partial charge < -0.3 is 4.57 Å². The maximum atomic E-state index is 11.4. The van der Waals surface area contributed by atoms with Crippen LogP contribution in [0.15, 0.2) is 35.8 Å². The number of hydrazine groups is 1. The van der Waals surface area contributed by atoms with Crippen LogP contribution in [0, 0.1) is 0 Å². The molecule has 0 aliphatic rings. The second kappa shape index (κ2) is 5.24. The highest BCUT2D eigenvalue weighted by Gasteiger charge is 2.11. The average Bonchev–Trinajstić information content (AvgIpc) is 3.07. The van der Waals surface area contributed by atoms with Crippen LogP contribution in [-0.2, 0) is 6.54 Å². The first-order chi connectivity index (χ1) is 9.69. The van der Waals surface area contributed by atoms with E-state index in [1.807, 2.05) is 40.4 Å². The van der Waals surface area contributed by atoms with E-state index in [0.717, 1.165) is 21.6 Å². The predicted octanol–water partition coefficient (Wildman–Crippen LogP) is 2.40. The van der Waals surface area contributed by atoms with Crippen LogP contribution >= 0.6 is 22.9 Å². The fourth-order valence-corrected chi connectivity index (χ4v) is 2.99. The number of nitrogens with one attached hydrogen (secondary N) is 1. The van der Waals surface area contributed by atoms with Gasteiger partial charge in [-0.2, -0.15) is 0 Å². The Hall–Kier alpha value is -1.89. The number of aromatic nitrogens is 2. The Morgan fingerprint density at radius 3 is 3.10 bits per heavy atom. The van der Waals surface area contributed by atoms with Crippen LogP contribution in [0.1, 0.15) is 15.5 Å². The van der Waals surface area contributed by atoms with Crippen molar-refractivity contribution in [3.63, 3.8) is 0 Å². The van der Waals surface area contributed by atoms with Crippen LogP contribution in [-0.4, -0.2) is 15.5 Å².